The zero-order valence-corrected chi connectivity index (χ0v) is 12.3. The summed E-state index contributed by atoms with van der Waals surface area (Å²) in [4.78, 5) is 16.0. The van der Waals surface area contributed by atoms with Gasteiger partial charge >= 0.3 is 0 Å². The Labute approximate surface area is 119 Å². The van der Waals surface area contributed by atoms with Gasteiger partial charge in [-0.2, -0.15) is 4.98 Å². The van der Waals surface area contributed by atoms with Crippen molar-refractivity contribution >= 4 is 5.91 Å². The van der Waals surface area contributed by atoms with Crippen molar-refractivity contribution < 1.29 is 9.32 Å². The van der Waals surface area contributed by atoms with E-state index in [4.69, 9.17) is 4.52 Å². The first-order chi connectivity index (χ1) is 9.66. The lowest BCUT2D eigenvalue weighted by Gasteiger charge is -2.12. The van der Waals surface area contributed by atoms with Crippen LogP contribution in [0.5, 0.6) is 0 Å². The molecule has 1 unspecified atom stereocenters. The van der Waals surface area contributed by atoms with Gasteiger partial charge in [-0.1, -0.05) is 19.0 Å². The Morgan fingerprint density at radius 3 is 2.85 bits per heavy atom. The van der Waals surface area contributed by atoms with Gasteiger partial charge in [-0.05, 0) is 25.8 Å². The van der Waals surface area contributed by atoms with Gasteiger partial charge in [-0.3, -0.25) is 4.79 Å². The van der Waals surface area contributed by atoms with E-state index in [1.54, 1.807) is 0 Å². The SMILES string of the molecule is CC(C)c1noc(C2CCCNCCC(=O)NCC2)n1. The molecule has 0 aliphatic carbocycles. The molecule has 1 saturated heterocycles. The van der Waals surface area contributed by atoms with Gasteiger partial charge in [0.1, 0.15) is 0 Å². The summed E-state index contributed by atoms with van der Waals surface area (Å²) in [5, 5.41) is 10.3. The molecule has 0 aromatic carbocycles. The van der Waals surface area contributed by atoms with Crippen molar-refractivity contribution in [3.8, 4) is 0 Å². The van der Waals surface area contributed by atoms with Crippen LogP contribution in [-0.4, -0.2) is 35.7 Å². The molecule has 2 N–H and O–H groups in total. The number of carbonyl (C=O) groups is 1. The summed E-state index contributed by atoms with van der Waals surface area (Å²) in [6.45, 7) is 6.44. The third kappa shape index (κ3) is 4.30. The molecule has 0 bridgehead atoms. The third-order valence-corrected chi connectivity index (χ3v) is 3.57. The smallest absolute Gasteiger partial charge is 0.229 e. The van der Waals surface area contributed by atoms with Crippen molar-refractivity contribution in [2.24, 2.45) is 0 Å². The lowest BCUT2D eigenvalue weighted by Crippen LogP contribution is -2.28. The van der Waals surface area contributed by atoms with Gasteiger partial charge in [-0.15, -0.1) is 0 Å². The highest BCUT2D eigenvalue weighted by Crippen LogP contribution is 2.24. The Morgan fingerprint density at radius 2 is 2.10 bits per heavy atom. The summed E-state index contributed by atoms with van der Waals surface area (Å²) < 4.78 is 5.40. The van der Waals surface area contributed by atoms with E-state index in [0.29, 0.717) is 18.9 Å². The molecule has 1 aromatic heterocycles. The Balaban J connectivity index is 2.00. The number of nitrogens with one attached hydrogen (secondary N) is 2. The second-order valence-corrected chi connectivity index (χ2v) is 5.62. The topological polar surface area (TPSA) is 80.0 Å². The lowest BCUT2D eigenvalue weighted by atomic mass is 9.99. The number of hydrogen-bond donors (Lipinski definition) is 2. The van der Waals surface area contributed by atoms with E-state index >= 15 is 0 Å². The molecule has 6 nitrogen and oxygen atoms in total. The highest BCUT2D eigenvalue weighted by atomic mass is 16.5. The molecule has 6 heteroatoms. The highest BCUT2D eigenvalue weighted by molar-refractivity contribution is 5.76. The molecule has 0 spiro atoms. The molecule has 20 heavy (non-hydrogen) atoms. The van der Waals surface area contributed by atoms with Crippen molar-refractivity contribution in [3.05, 3.63) is 11.7 Å². The van der Waals surface area contributed by atoms with Crippen LogP contribution in [0, 0.1) is 0 Å². The fraction of sp³-hybridized carbons (Fsp3) is 0.786. The average molecular weight is 280 g/mol. The zero-order valence-electron chi connectivity index (χ0n) is 12.3. The zero-order chi connectivity index (χ0) is 14.4. The summed E-state index contributed by atoms with van der Waals surface area (Å²) >= 11 is 0. The van der Waals surface area contributed by atoms with Crippen molar-refractivity contribution in [1.82, 2.24) is 20.8 Å². The fourth-order valence-corrected chi connectivity index (χ4v) is 2.31. The first-order valence-electron chi connectivity index (χ1n) is 7.47. The van der Waals surface area contributed by atoms with E-state index in [2.05, 4.69) is 34.6 Å². The minimum Gasteiger partial charge on any atom is -0.356 e. The normalized spacial score (nSPS) is 22.4. The maximum absolute atomic E-state index is 11.5. The van der Waals surface area contributed by atoms with Crippen LogP contribution in [0.25, 0.3) is 0 Å². The van der Waals surface area contributed by atoms with Crippen LogP contribution >= 0.6 is 0 Å². The van der Waals surface area contributed by atoms with E-state index in [9.17, 15) is 4.79 Å². The second kappa shape index (κ2) is 7.38. The quantitative estimate of drug-likeness (QED) is 0.859. The van der Waals surface area contributed by atoms with Crippen molar-refractivity contribution in [2.75, 3.05) is 19.6 Å². The van der Waals surface area contributed by atoms with Crippen LogP contribution in [0.3, 0.4) is 0 Å². The molecule has 1 amide bonds. The van der Waals surface area contributed by atoms with Crippen LogP contribution in [0.4, 0.5) is 0 Å². The number of carbonyl (C=O) groups excluding carboxylic acids is 1. The van der Waals surface area contributed by atoms with Gasteiger partial charge < -0.3 is 15.2 Å². The van der Waals surface area contributed by atoms with Crippen LogP contribution in [0.1, 0.15) is 63.1 Å². The molecule has 1 aromatic rings. The molecule has 2 heterocycles. The Hall–Kier alpha value is -1.43. The number of rotatable bonds is 2. The number of nitrogens with zero attached hydrogens (tertiary/aromatic N) is 2. The van der Waals surface area contributed by atoms with Crippen molar-refractivity contribution in [3.63, 3.8) is 0 Å². The molecule has 1 fully saturated rings. The van der Waals surface area contributed by atoms with Gasteiger partial charge in [0.05, 0.1) is 0 Å². The Bertz CT molecular complexity index is 431. The van der Waals surface area contributed by atoms with Crippen LogP contribution in [-0.2, 0) is 4.79 Å². The maximum Gasteiger partial charge on any atom is 0.229 e. The molecule has 1 atom stereocenters. The Kier molecular flexibility index (Phi) is 5.52. The molecule has 1 aliphatic heterocycles. The van der Waals surface area contributed by atoms with Gasteiger partial charge in [-0.25, -0.2) is 0 Å². The minimum atomic E-state index is 0.103. The third-order valence-electron chi connectivity index (χ3n) is 3.57. The molecule has 2 rings (SSSR count). The van der Waals surface area contributed by atoms with E-state index < -0.39 is 0 Å². The minimum absolute atomic E-state index is 0.103. The fourth-order valence-electron chi connectivity index (χ4n) is 2.31. The van der Waals surface area contributed by atoms with Gasteiger partial charge in [0.25, 0.3) is 0 Å². The standard InChI is InChI=1S/C14H24N4O2/c1-10(2)13-17-14(20-18-13)11-4-3-7-15-8-6-12(19)16-9-5-11/h10-11,15H,3-9H2,1-2H3,(H,16,19). The molecule has 0 radical (unpaired) electrons. The summed E-state index contributed by atoms with van der Waals surface area (Å²) in [7, 11) is 0. The van der Waals surface area contributed by atoms with Crippen molar-refractivity contribution in [2.45, 2.75) is 51.4 Å². The predicted molar refractivity (Wildman–Crippen MR) is 75.5 cm³/mol. The van der Waals surface area contributed by atoms with Gasteiger partial charge in [0.2, 0.25) is 11.8 Å². The summed E-state index contributed by atoms with van der Waals surface area (Å²) in [5.74, 6) is 2.08. The maximum atomic E-state index is 11.5. The van der Waals surface area contributed by atoms with Crippen LogP contribution in [0.15, 0.2) is 4.52 Å². The molecule has 112 valence electrons. The van der Waals surface area contributed by atoms with E-state index in [0.717, 1.165) is 38.2 Å². The Morgan fingerprint density at radius 1 is 1.25 bits per heavy atom. The largest absolute Gasteiger partial charge is 0.356 e. The predicted octanol–water partition coefficient (Wildman–Crippen LogP) is 1.56. The van der Waals surface area contributed by atoms with Gasteiger partial charge in [0.15, 0.2) is 5.82 Å². The second-order valence-electron chi connectivity index (χ2n) is 5.62. The van der Waals surface area contributed by atoms with Gasteiger partial charge in [0, 0.05) is 31.3 Å². The molecular weight excluding hydrogens is 256 g/mol. The number of aromatic nitrogens is 2. The average Bonchev–Trinajstić information content (AvgIpc) is 2.88. The van der Waals surface area contributed by atoms with E-state index in [1.165, 1.54) is 0 Å². The molecular formula is C14H24N4O2. The van der Waals surface area contributed by atoms with Crippen molar-refractivity contribution in [1.29, 1.82) is 0 Å². The number of amides is 1. The molecule has 0 saturated carbocycles. The first-order valence-corrected chi connectivity index (χ1v) is 7.47. The number of hydrogen-bond acceptors (Lipinski definition) is 5. The summed E-state index contributed by atoms with van der Waals surface area (Å²) in [6, 6.07) is 0. The summed E-state index contributed by atoms with van der Waals surface area (Å²) in [5.41, 5.74) is 0. The van der Waals surface area contributed by atoms with E-state index in [-0.39, 0.29) is 17.7 Å². The first kappa shape index (κ1) is 15.0. The lowest BCUT2D eigenvalue weighted by molar-refractivity contribution is -0.121. The van der Waals surface area contributed by atoms with Crippen LogP contribution in [0.2, 0.25) is 0 Å². The summed E-state index contributed by atoms with van der Waals surface area (Å²) in [6.07, 6.45) is 3.45. The van der Waals surface area contributed by atoms with E-state index in [1.807, 2.05) is 0 Å². The highest BCUT2D eigenvalue weighted by Gasteiger charge is 2.20. The van der Waals surface area contributed by atoms with Crippen LogP contribution < -0.4 is 10.6 Å². The monoisotopic (exact) mass is 280 g/mol. The molecule has 1 aliphatic rings.